The number of aromatic nitrogens is 4. The van der Waals surface area contributed by atoms with Gasteiger partial charge in [0.1, 0.15) is 16.5 Å². The van der Waals surface area contributed by atoms with Crippen molar-refractivity contribution in [2.45, 2.75) is 85.4 Å². The highest BCUT2D eigenvalue weighted by molar-refractivity contribution is 7.15. The van der Waals surface area contributed by atoms with Gasteiger partial charge in [-0.3, -0.25) is 0 Å². The normalized spacial score (nSPS) is 15.6. The number of hydrogen-bond acceptors (Lipinski definition) is 8. The van der Waals surface area contributed by atoms with Crippen LogP contribution in [0.4, 0.5) is 5.82 Å². The fourth-order valence-electron chi connectivity index (χ4n) is 6.25. The predicted octanol–water partition coefficient (Wildman–Crippen LogP) is 8.64. The van der Waals surface area contributed by atoms with E-state index in [0.29, 0.717) is 16.9 Å². The first-order chi connectivity index (χ1) is 22.9. The molecule has 254 valence electrons. The van der Waals surface area contributed by atoms with Crippen LogP contribution in [0.5, 0.6) is 0 Å². The second-order valence-corrected chi connectivity index (χ2v) is 14.9. The molecule has 0 aliphatic carbocycles. The second-order valence-electron chi connectivity index (χ2n) is 13.7. The minimum atomic E-state index is -0.967. The number of benzene rings is 1. The molecule has 1 aliphatic rings. The predicted molar refractivity (Wildman–Crippen MR) is 196 cm³/mol. The lowest BCUT2D eigenvalue weighted by atomic mass is 9.80. The molecule has 5 rings (SSSR count). The van der Waals surface area contributed by atoms with Crippen LogP contribution in [0.25, 0.3) is 16.3 Å². The summed E-state index contributed by atoms with van der Waals surface area (Å²) < 4.78 is 13.9. The van der Waals surface area contributed by atoms with Crippen molar-refractivity contribution in [1.29, 1.82) is 0 Å². The number of carbonyl (C=O) groups is 1. The quantitative estimate of drug-likeness (QED) is 0.0802. The Kier molecular flexibility index (Phi) is 11.0. The van der Waals surface area contributed by atoms with E-state index in [2.05, 4.69) is 55.3 Å². The third-order valence-corrected chi connectivity index (χ3v) is 9.77. The molecular formula is C39H49N5O3S. The largest absolute Gasteiger partial charge is 0.464 e. The molecule has 1 fully saturated rings. The number of esters is 1. The van der Waals surface area contributed by atoms with E-state index in [-0.39, 0.29) is 12.0 Å². The van der Waals surface area contributed by atoms with E-state index in [4.69, 9.17) is 24.5 Å². The van der Waals surface area contributed by atoms with Crippen molar-refractivity contribution < 1.29 is 14.3 Å². The Balaban J connectivity index is 1.58. The molecule has 4 aromatic rings. The molecule has 4 heterocycles. The minimum Gasteiger partial charge on any atom is -0.464 e. The van der Waals surface area contributed by atoms with Crippen molar-refractivity contribution in [1.82, 2.24) is 19.6 Å². The number of anilines is 1. The molecule has 0 radical (unpaired) electrons. The molecule has 1 saturated heterocycles. The molecule has 0 N–H and O–H groups in total. The third kappa shape index (κ3) is 8.13. The average Bonchev–Trinajstić information content (AvgIpc) is 3.69. The Morgan fingerprint density at radius 2 is 1.90 bits per heavy atom. The number of hydrogen-bond donors (Lipinski definition) is 0. The van der Waals surface area contributed by atoms with Gasteiger partial charge in [0.25, 0.3) is 0 Å². The summed E-state index contributed by atoms with van der Waals surface area (Å²) in [4.78, 5) is 26.9. The van der Waals surface area contributed by atoms with Gasteiger partial charge in [-0.05, 0) is 76.8 Å². The summed E-state index contributed by atoms with van der Waals surface area (Å²) in [5.41, 5.74) is 4.92. The van der Waals surface area contributed by atoms with Crippen LogP contribution in [-0.2, 0) is 27.1 Å². The maximum Gasteiger partial charge on any atom is 0.340 e. The van der Waals surface area contributed by atoms with Crippen LogP contribution in [-0.4, -0.2) is 50.8 Å². The molecule has 1 unspecified atom stereocenters. The number of allylic oxidation sites excluding steroid dienone is 4. The summed E-state index contributed by atoms with van der Waals surface area (Å²) in [6.07, 6.45) is 13.7. The number of piperidine rings is 1. The van der Waals surface area contributed by atoms with Crippen molar-refractivity contribution >= 4 is 28.8 Å². The summed E-state index contributed by atoms with van der Waals surface area (Å²) in [6.45, 7) is 21.4. The van der Waals surface area contributed by atoms with E-state index in [1.54, 1.807) is 11.3 Å². The Hall–Kier alpha value is -4.08. The van der Waals surface area contributed by atoms with Gasteiger partial charge in [-0.25, -0.2) is 14.8 Å². The van der Waals surface area contributed by atoms with Gasteiger partial charge in [-0.1, -0.05) is 62.1 Å². The summed E-state index contributed by atoms with van der Waals surface area (Å²) in [6, 6.07) is 10.6. The summed E-state index contributed by atoms with van der Waals surface area (Å²) in [7, 11) is 0. The molecule has 1 aliphatic heterocycles. The monoisotopic (exact) mass is 667 g/mol. The lowest BCUT2D eigenvalue weighted by Gasteiger charge is -2.40. The standard InChI is InChI=1S/C39H49N5O3S/c1-9-12-16-28-17-14-15-18-29(28)24-30-26-40-35(48-30)31-25-32-41-27(4)33(34(37(45)46-11-3)47-38(5,6)7)36(44(32)42-31)43-22-20-39(8,21-23-43)19-13-10-2/h9-10,13-15,17-19,25-26,34H,1-2,11-12,16,20-24H2,3-8H3. The van der Waals surface area contributed by atoms with Crippen molar-refractivity contribution in [2.75, 3.05) is 24.6 Å². The van der Waals surface area contributed by atoms with Gasteiger partial charge in [-0.15, -0.1) is 17.9 Å². The van der Waals surface area contributed by atoms with E-state index in [1.165, 1.54) is 16.0 Å². The topological polar surface area (TPSA) is 81.8 Å². The molecule has 0 amide bonds. The zero-order valence-corrected chi connectivity index (χ0v) is 30.1. The van der Waals surface area contributed by atoms with Crippen LogP contribution in [0.15, 0.2) is 74.0 Å². The number of carbonyl (C=O) groups excluding carboxylic acids is 1. The van der Waals surface area contributed by atoms with Gasteiger partial charge in [0.05, 0.1) is 17.8 Å². The van der Waals surface area contributed by atoms with Gasteiger partial charge in [0.2, 0.25) is 0 Å². The molecule has 0 saturated carbocycles. The van der Waals surface area contributed by atoms with E-state index < -0.39 is 17.7 Å². The van der Waals surface area contributed by atoms with Crippen molar-refractivity contribution in [3.05, 3.63) is 101 Å². The van der Waals surface area contributed by atoms with E-state index in [9.17, 15) is 4.79 Å². The van der Waals surface area contributed by atoms with Crippen LogP contribution in [0, 0.1) is 12.3 Å². The zero-order chi connectivity index (χ0) is 34.5. The van der Waals surface area contributed by atoms with E-state index in [0.717, 1.165) is 61.7 Å². The Morgan fingerprint density at radius 1 is 1.17 bits per heavy atom. The summed E-state index contributed by atoms with van der Waals surface area (Å²) >= 11 is 1.65. The Labute approximate surface area is 289 Å². The third-order valence-electron chi connectivity index (χ3n) is 8.75. The van der Waals surface area contributed by atoms with Crippen LogP contribution in [0.2, 0.25) is 0 Å². The Bertz CT molecular complexity index is 1790. The lowest BCUT2D eigenvalue weighted by molar-refractivity contribution is -0.166. The number of fused-ring (bicyclic) bond motifs is 1. The maximum absolute atomic E-state index is 13.6. The van der Waals surface area contributed by atoms with Crippen LogP contribution < -0.4 is 4.90 Å². The van der Waals surface area contributed by atoms with Gasteiger partial charge < -0.3 is 14.4 Å². The maximum atomic E-state index is 13.6. The lowest BCUT2D eigenvalue weighted by Crippen LogP contribution is -2.40. The molecule has 0 spiro atoms. The van der Waals surface area contributed by atoms with Crippen molar-refractivity contribution in [3.63, 3.8) is 0 Å². The second kappa shape index (κ2) is 15.0. The molecule has 3 aromatic heterocycles. The molecule has 48 heavy (non-hydrogen) atoms. The van der Waals surface area contributed by atoms with Crippen LogP contribution >= 0.6 is 11.3 Å². The van der Waals surface area contributed by atoms with Gasteiger partial charge >= 0.3 is 5.97 Å². The fraction of sp³-hybridized carbons (Fsp3) is 0.436. The molecule has 0 bridgehead atoms. The first kappa shape index (κ1) is 35.2. The number of aryl methyl sites for hydroxylation is 2. The molecule has 9 heteroatoms. The van der Waals surface area contributed by atoms with E-state index >= 15 is 0 Å². The van der Waals surface area contributed by atoms with Gasteiger partial charge in [-0.2, -0.15) is 9.61 Å². The molecule has 8 nitrogen and oxygen atoms in total. The smallest absolute Gasteiger partial charge is 0.340 e. The van der Waals surface area contributed by atoms with E-state index in [1.807, 2.05) is 69.6 Å². The Morgan fingerprint density at radius 3 is 2.56 bits per heavy atom. The van der Waals surface area contributed by atoms with Gasteiger partial charge in [0.15, 0.2) is 11.8 Å². The SMILES string of the molecule is C=CC=CC1(C)CCN(c2c(C(OC(C)(C)C)C(=O)OCC)c(C)nc3cc(-c4ncc(Cc5ccccc5CCC=C)s4)nn23)CC1. The highest BCUT2D eigenvalue weighted by atomic mass is 32.1. The molecular weight excluding hydrogens is 619 g/mol. The summed E-state index contributed by atoms with van der Waals surface area (Å²) in [5, 5.41) is 5.95. The van der Waals surface area contributed by atoms with Crippen molar-refractivity contribution in [2.24, 2.45) is 5.41 Å². The highest BCUT2D eigenvalue weighted by Gasteiger charge is 2.37. The first-order valence-corrected chi connectivity index (χ1v) is 17.7. The van der Waals surface area contributed by atoms with Crippen LogP contribution in [0.3, 0.4) is 0 Å². The number of thiazole rings is 1. The van der Waals surface area contributed by atoms with Crippen molar-refractivity contribution in [3.8, 4) is 10.7 Å². The molecule has 1 aromatic carbocycles. The fourth-order valence-corrected chi connectivity index (χ4v) is 7.14. The highest BCUT2D eigenvalue weighted by Crippen LogP contribution is 2.40. The van der Waals surface area contributed by atoms with Crippen LogP contribution in [0.1, 0.15) is 87.2 Å². The van der Waals surface area contributed by atoms with Gasteiger partial charge in [0, 0.05) is 42.3 Å². The number of rotatable bonds is 13. The number of ether oxygens (including phenoxy) is 2. The summed E-state index contributed by atoms with van der Waals surface area (Å²) in [5.74, 6) is 0.382. The average molecular weight is 668 g/mol. The number of nitrogens with zero attached hydrogens (tertiary/aromatic N) is 5. The first-order valence-electron chi connectivity index (χ1n) is 16.9. The minimum absolute atomic E-state index is 0.0470. The zero-order valence-electron chi connectivity index (χ0n) is 29.3. The molecule has 1 atom stereocenters.